The molecule has 0 spiro atoms. The molecule has 5 nitrogen and oxygen atoms in total. The van der Waals surface area contributed by atoms with Crippen LogP contribution in [-0.4, -0.2) is 22.4 Å². The number of aryl methyl sites for hydroxylation is 1. The number of aromatic nitrogens is 2. The van der Waals surface area contributed by atoms with Crippen LogP contribution in [0, 0.1) is 12.7 Å². The Hall–Kier alpha value is -2.67. The number of hydrogen-bond acceptors (Lipinski definition) is 5. The third-order valence-corrected chi connectivity index (χ3v) is 4.08. The molecule has 0 aliphatic heterocycles. The van der Waals surface area contributed by atoms with Gasteiger partial charge in [0.2, 0.25) is 11.8 Å². The van der Waals surface area contributed by atoms with Crippen molar-refractivity contribution < 1.29 is 13.6 Å². The summed E-state index contributed by atoms with van der Waals surface area (Å²) in [6.07, 6.45) is 1.79. The molecule has 3 aromatic rings. The number of nitrogens with zero attached hydrogens (tertiary/aromatic N) is 2. The summed E-state index contributed by atoms with van der Waals surface area (Å²) in [4.78, 5) is 12.9. The Morgan fingerprint density at radius 3 is 2.71 bits per heavy atom. The molecule has 0 saturated carbocycles. The summed E-state index contributed by atoms with van der Waals surface area (Å²) in [5, 5.41) is 10.4. The van der Waals surface area contributed by atoms with Gasteiger partial charge in [-0.25, -0.2) is 4.39 Å². The number of benzene rings is 2. The van der Waals surface area contributed by atoms with Crippen LogP contribution < -0.4 is 5.32 Å². The number of anilines is 1. The van der Waals surface area contributed by atoms with E-state index in [1.807, 2.05) is 0 Å². The Labute approximate surface area is 142 Å². The van der Waals surface area contributed by atoms with E-state index < -0.39 is 0 Å². The van der Waals surface area contributed by atoms with Crippen molar-refractivity contribution in [2.24, 2.45) is 0 Å². The zero-order valence-electron chi connectivity index (χ0n) is 13.0. The van der Waals surface area contributed by atoms with Crippen molar-refractivity contribution >= 4 is 23.4 Å². The number of carbonyl (C=O) groups is 1. The third kappa shape index (κ3) is 3.46. The molecule has 0 fully saturated rings. The van der Waals surface area contributed by atoms with Crippen molar-refractivity contribution in [2.45, 2.75) is 11.8 Å². The SMILES string of the molecule is CSc1ccc(NC(=O)c2cccc(-c3nnc(C)o3)c2)cc1F. The largest absolute Gasteiger partial charge is 0.421 e. The van der Waals surface area contributed by atoms with E-state index in [9.17, 15) is 9.18 Å². The van der Waals surface area contributed by atoms with Gasteiger partial charge >= 0.3 is 0 Å². The third-order valence-electron chi connectivity index (χ3n) is 3.31. The Morgan fingerprint density at radius 1 is 1.21 bits per heavy atom. The van der Waals surface area contributed by atoms with Crippen LogP contribution in [0.2, 0.25) is 0 Å². The van der Waals surface area contributed by atoms with Crippen LogP contribution in [0.1, 0.15) is 16.2 Å². The summed E-state index contributed by atoms with van der Waals surface area (Å²) >= 11 is 1.31. The summed E-state index contributed by atoms with van der Waals surface area (Å²) < 4.78 is 19.1. The van der Waals surface area contributed by atoms with Crippen molar-refractivity contribution in [3.05, 3.63) is 59.7 Å². The smallest absolute Gasteiger partial charge is 0.255 e. The monoisotopic (exact) mass is 343 g/mol. The average molecular weight is 343 g/mol. The number of halogens is 1. The standard InChI is InChI=1S/C17H14FN3O2S/c1-10-20-21-17(23-10)12-5-3-4-11(8-12)16(22)19-13-6-7-15(24-2)14(18)9-13/h3-9H,1-2H3,(H,19,22). The van der Waals surface area contributed by atoms with E-state index in [4.69, 9.17) is 4.42 Å². The van der Waals surface area contributed by atoms with Gasteiger partial charge in [0.25, 0.3) is 5.91 Å². The lowest BCUT2D eigenvalue weighted by Gasteiger charge is -2.07. The number of carbonyl (C=O) groups excluding carboxylic acids is 1. The zero-order chi connectivity index (χ0) is 17.1. The van der Waals surface area contributed by atoms with Gasteiger partial charge < -0.3 is 9.73 Å². The Kier molecular flexibility index (Phi) is 4.61. The molecule has 0 unspecified atom stereocenters. The van der Waals surface area contributed by atoms with Gasteiger partial charge in [-0.3, -0.25) is 4.79 Å². The molecule has 0 bridgehead atoms. The van der Waals surface area contributed by atoms with Crippen molar-refractivity contribution in [3.63, 3.8) is 0 Å². The fraction of sp³-hybridized carbons (Fsp3) is 0.118. The molecule has 2 aromatic carbocycles. The first-order valence-electron chi connectivity index (χ1n) is 7.12. The van der Waals surface area contributed by atoms with Gasteiger partial charge in [0.15, 0.2) is 0 Å². The molecular formula is C17H14FN3O2S. The number of thioether (sulfide) groups is 1. The molecule has 1 N–H and O–H groups in total. The number of nitrogens with one attached hydrogen (secondary N) is 1. The van der Waals surface area contributed by atoms with Gasteiger partial charge in [-0.1, -0.05) is 6.07 Å². The van der Waals surface area contributed by atoms with Crippen molar-refractivity contribution in [1.29, 1.82) is 0 Å². The van der Waals surface area contributed by atoms with E-state index in [0.717, 1.165) is 0 Å². The van der Waals surface area contributed by atoms with E-state index in [2.05, 4.69) is 15.5 Å². The van der Waals surface area contributed by atoms with Crippen LogP contribution in [0.4, 0.5) is 10.1 Å². The summed E-state index contributed by atoms with van der Waals surface area (Å²) in [6.45, 7) is 1.69. The average Bonchev–Trinajstić information content (AvgIpc) is 3.02. The molecule has 1 aromatic heterocycles. The van der Waals surface area contributed by atoms with E-state index in [1.54, 1.807) is 49.6 Å². The van der Waals surface area contributed by atoms with Gasteiger partial charge in [-0.2, -0.15) is 0 Å². The quantitative estimate of drug-likeness (QED) is 0.721. The predicted octanol–water partition coefficient (Wildman–Crippen LogP) is 4.16. The van der Waals surface area contributed by atoms with Crippen LogP contribution in [-0.2, 0) is 0 Å². The van der Waals surface area contributed by atoms with Crippen LogP contribution in [0.15, 0.2) is 51.8 Å². The first-order chi connectivity index (χ1) is 11.6. The lowest BCUT2D eigenvalue weighted by molar-refractivity contribution is 0.102. The summed E-state index contributed by atoms with van der Waals surface area (Å²) in [5.41, 5.74) is 1.46. The number of hydrogen-bond donors (Lipinski definition) is 1. The van der Waals surface area contributed by atoms with Gasteiger partial charge in [0, 0.05) is 28.6 Å². The van der Waals surface area contributed by atoms with Crippen molar-refractivity contribution in [1.82, 2.24) is 10.2 Å². The first-order valence-corrected chi connectivity index (χ1v) is 8.35. The highest BCUT2D eigenvalue weighted by atomic mass is 32.2. The molecule has 7 heteroatoms. The minimum Gasteiger partial charge on any atom is -0.421 e. The Morgan fingerprint density at radius 2 is 2.04 bits per heavy atom. The van der Waals surface area contributed by atoms with Gasteiger partial charge in [-0.15, -0.1) is 22.0 Å². The molecule has 0 aliphatic carbocycles. The Balaban J connectivity index is 1.81. The van der Waals surface area contributed by atoms with E-state index in [1.165, 1.54) is 17.8 Å². The summed E-state index contributed by atoms with van der Waals surface area (Å²) in [6, 6.07) is 11.4. The van der Waals surface area contributed by atoms with E-state index in [-0.39, 0.29) is 11.7 Å². The minimum absolute atomic E-state index is 0.343. The fourth-order valence-electron chi connectivity index (χ4n) is 2.15. The molecule has 3 rings (SSSR count). The lowest BCUT2D eigenvalue weighted by atomic mass is 10.1. The highest BCUT2D eigenvalue weighted by Crippen LogP contribution is 2.23. The molecule has 24 heavy (non-hydrogen) atoms. The highest BCUT2D eigenvalue weighted by molar-refractivity contribution is 7.98. The molecule has 1 heterocycles. The van der Waals surface area contributed by atoms with Crippen molar-refractivity contribution in [2.75, 3.05) is 11.6 Å². The first kappa shape index (κ1) is 16.2. The molecule has 1 amide bonds. The molecule has 122 valence electrons. The zero-order valence-corrected chi connectivity index (χ0v) is 13.9. The highest BCUT2D eigenvalue weighted by Gasteiger charge is 2.12. The molecular weight excluding hydrogens is 329 g/mol. The molecule has 0 radical (unpaired) electrons. The molecule has 0 aliphatic rings. The fourth-order valence-corrected chi connectivity index (χ4v) is 2.61. The summed E-state index contributed by atoms with van der Waals surface area (Å²) in [5.74, 6) is 0.0847. The maximum Gasteiger partial charge on any atom is 0.255 e. The van der Waals surface area contributed by atoms with Crippen molar-refractivity contribution in [3.8, 4) is 11.5 Å². The van der Waals surface area contributed by atoms with Crippen LogP contribution in [0.5, 0.6) is 0 Å². The normalized spacial score (nSPS) is 10.6. The van der Waals surface area contributed by atoms with Crippen LogP contribution >= 0.6 is 11.8 Å². The molecule has 0 atom stereocenters. The minimum atomic E-state index is -0.365. The van der Waals surface area contributed by atoms with Gasteiger partial charge in [0.1, 0.15) is 5.82 Å². The Bertz CT molecular complexity index is 895. The second-order valence-electron chi connectivity index (χ2n) is 5.01. The number of rotatable bonds is 4. The lowest BCUT2D eigenvalue weighted by Crippen LogP contribution is -2.12. The van der Waals surface area contributed by atoms with Crippen LogP contribution in [0.25, 0.3) is 11.5 Å². The van der Waals surface area contributed by atoms with E-state index >= 15 is 0 Å². The molecule has 0 saturated heterocycles. The topological polar surface area (TPSA) is 68.0 Å². The van der Waals surface area contributed by atoms with E-state index in [0.29, 0.717) is 33.5 Å². The van der Waals surface area contributed by atoms with Gasteiger partial charge in [0.05, 0.1) is 0 Å². The second-order valence-corrected chi connectivity index (χ2v) is 5.86. The van der Waals surface area contributed by atoms with Gasteiger partial charge in [-0.05, 0) is 42.7 Å². The van der Waals surface area contributed by atoms with Crippen LogP contribution in [0.3, 0.4) is 0 Å². The maximum atomic E-state index is 13.8. The predicted molar refractivity (Wildman–Crippen MR) is 90.6 cm³/mol. The summed E-state index contributed by atoms with van der Waals surface area (Å²) in [7, 11) is 0. The number of amides is 1. The maximum absolute atomic E-state index is 13.8. The second kappa shape index (κ2) is 6.84.